The number of carbonyl (C=O) groups excluding carboxylic acids is 1. The van der Waals surface area contributed by atoms with Gasteiger partial charge in [0.15, 0.2) is 0 Å². The third-order valence-corrected chi connectivity index (χ3v) is 4.62. The van der Waals surface area contributed by atoms with Gasteiger partial charge in [-0.05, 0) is 38.4 Å². The van der Waals surface area contributed by atoms with Crippen molar-refractivity contribution in [1.82, 2.24) is 9.80 Å². The number of carbonyl (C=O) groups is 1. The van der Waals surface area contributed by atoms with E-state index in [4.69, 9.17) is 5.73 Å². The van der Waals surface area contributed by atoms with E-state index >= 15 is 0 Å². The maximum atomic E-state index is 12.8. The lowest BCUT2D eigenvalue weighted by atomic mass is 10.0. The van der Waals surface area contributed by atoms with Crippen molar-refractivity contribution in [3.63, 3.8) is 0 Å². The van der Waals surface area contributed by atoms with Crippen molar-refractivity contribution in [1.29, 1.82) is 0 Å². The number of hydrogen-bond donors (Lipinski definition) is 1. The summed E-state index contributed by atoms with van der Waals surface area (Å²) >= 11 is 0. The summed E-state index contributed by atoms with van der Waals surface area (Å²) in [4.78, 5) is 15.9. The quantitative estimate of drug-likeness (QED) is 0.835. The van der Waals surface area contributed by atoms with Gasteiger partial charge in [0, 0.05) is 38.1 Å². The van der Waals surface area contributed by atoms with Crippen LogP contribution in [0.1, 0.15) is 37.3 Å². The van der Waals surface area contributed by atoms with E-state index in [-0.39, 0.29) is 30.4 Å². The molecule has 1 aliphatic heterocycles. The highest BCUT2D eigenvalue weighted by atomic mass is 35.5. The molecular formula is C18H27ClF3N3O. The highest BCUT2D eigenvalue weighted by Crippen LogP contribution is 2.30. The molecule has 1 unspecified atom stereocenters. The lowest BCUT2D eigenvalue weighted by molar-refractivity contribution is -0.137. The lowest BCUT2D eigenvalue weighted by Crippen LogP contribution is -2.46. The highest BCUT2D eigenvalue weighted by molar-refractivity contribution is 5.85. The Bertz CT molecular complexity index is 587. The van der Waals surface area contributed by atoms with Gasteiger partial charge < -0.3 is 10.6 Å². The number of piperidine rings is 1. The number of nitrogens with two attached hydrogens (primary N) is 1. The van der Waals surface area contributed by atoms with Gasteiger partial charge in [0.05, 0.1) is 5.56 Å². The first-order valence-corrected chi connectivity index (χ1v) is 8.56. The molecule has 1 saturated heterocycles. The molecule has 2 rings (SSSR count). The number of amides is 1. The summed E-state index contributed by atoms with van der Waals surface area (Å²) in [6, 6.07) is 5.57. The van der Waals surface area contributed by atoms with E-state index in [1.165, 1.54) is 12.1 Å². The fraction of sp³-hybridized carbons (Fsp3) is 0.611. The topological polar surface area (TPSA) is 49.6 Å². The van der Waals surface area contributed by atoms with Crippen LogP contribution in [0.15, 0.2) is 24.3 Å². The molecule has 1 aromatic carbocycles. The Morgan fingerprint density at radius 3 is 2.50 bits per heavy atom. The van der Waals surface area contributed by atoms with Crippen molar-refractivity contribution in [2.45, 2.75) is 51.0 Å². The Morgan fingerprint density at radius 1 is 1.35 bits per heavy atom. The Morgan fingerprint density at radius 2 is 1.96 bits per heavy atom. The zero-order valence-corrected chi connectivity index (χ0v) is 15.9. The number of alkyl halides is 3. The van der Waals surface area contributed by atoms with Crippen molar-refractivity contribution < 1.29 is 18.0 Å². The van der Waals surface area contributed by atoms with Crippen LogP contribution in [0.25, 0.3) is 0 Å². The predicted octanol–water partition coefficient (Wildman–Crippen LogP) is 3.29. The highest BCUT2D eigenvalue weighted by Gasteiger charge is 2.31. The van der Waals surface area contributed by atoms with Gasteiger partial charge in [-0.15, -0.1) is 12.4 Å². The number of nitrogens with zero attached hydrogens (tertiary/aromatic N) is 2. The van der Waals surface area contributed by atoms with Crippen LogP contribution in [0.5, 0.6) is 0 Å². The van der Waals surface area contributed by atoms with Crippen molar-refractivity contribution in [2.75, 3.05) is 20.1 Å². The average Bonchev–Trinajstić information content (AvgIpc) is 2.54. The van der Waals surface area contributed by atoms with Crippen molar-refractivity contribution in [3.8, 4) is 0 Å². The number of hydrogen-bond acceptors (Lipinski definition) is 3. The first kappa shape index (κ1) is 22.7. The van der Waals surface area contributed by atoms with E-state index in [0.29, 0.717) is 31.6 Å². The minimum absolute atomic E-state index is 0. The Hall–Kier alpha value is -1.31. The lowest BCUT2D eigenvalue weighted by Gasteiger charge is -2.37. The largest absolute Gasteiger partial charge is 0.416 e. The first-order valence-electron chi connectivity index (χ1n) is 8.56. The van der Waals surface area contributed by atoms with Crippen LogP contribution in [0.2, 0.25) is 0 Å². The van der Waals surface area contributed by atoms with Crippen LogP contribution in [0, 0.1) is 0 Å². The number of rotatable bonds is 5. The van der Waals surface area contributed by atoms with Gasteiger partial charge in [0.1, 0.15) is 0 Å². The predicted molar refractivity (Wildman–Crippen MR) is 98.0 cm³/mol. The second-order valence-corrected chi connectivity index (χ2v) is 6.91. The zero-order valence-electron chi connectivity index (χ0n) is 15.1. The molecular weight excluding hydrogens is 367 g/mol. The van der Waals surface area contributed by atoms with Crippen molar-refractivity contribution >= 4 is 18.3 Å². The first-order chi connectivity index (χ1) is 11.7. The SMILES string of the molecule is CC(N)CC(=O)N1CCC(N(C)Cc2cccc(C(F)(F)F)c2)CC1.Cl. The van der Waals surface area contributed by atoms with Gasteiger partial charge in [-0.2, -0.15) is 13.2 Å². The van der Waals surface area contributed by atoms with Gasteiger partial charge in [0.25, 0.3) is 0 Å². The maximum absolute atomic E-state index is 12.8. The number of halogens is 4. The normalized spacial score (nSPS) is 17.1. The van der Waals surface area contributed by atoms with Gasteiger partial charge in [0.2, 0.25) is 5.91 Å². The molecule has 0 saturated carbocycles. The molecule has 1 atom stereocenters. The van der Waals surface area contributed by atoms with Crippen LogP contribution in [0.4, 0.5) is 13.2 Å². The van der Waals surface area contributed by atoms with Crippen molar-refractivity contribution in [3.05, 3.63) is 35.4 Å². The molecule has 0 spiro atoms. The van der Waals surface area contributed by atoms with Crippen LogP contribution >= 0.6 is 12.4 Å². The zero-order chi connectivity index (χ0) is 18.6. The second-order valence-electron chi connectivity index (χ2n) is 6.91. The molecule has 0 bridgehead atoms. The van der Waals surface area contributed by atoms with Gasteiger partial charge in [-0.3, -0.25) is 9.69 Å². The average molecular weight is 394 g/mol. The molecule has 0 aliphatic carbocycles. The van der Waals surface area contributed by atoms with Gasteiger partial charge in [-0.1, -0.05) is 18.2 Å². The molecule has 1 fully saturated rings. The Kier molecular flexibility index (Phi) is 8.37. The standard InChI is InChI=1S/C18H26F3N3O.ClH/c1-13(22)10-17(25)24-8-6-16(7-9-24)23(2)12-14-4-3-5-15(11-14)18(19,20)21;/h3-5,11,13,16H,6-10,12,22H2,1-2H3;1H. The molecule has 8 heteroatoms. The fourth-order valence-corrected chi connectivity index (χ4v) is 3.22. The van der Waals surface area contributed by atoms with E-state index in [9.17, 15) is 18.0 Å². The van der Waals surface area contributed by atoms with E-state index in [1.807, 2.05) is 18.9 Å². The van der Waals surface area contributed by atoms with Crippen LogP contribution < -0.4 is 5.73 Å². The third kappa shape index (κ3) is 6.45. The molecule has 148 valence electrons. The van der Waals surface area contributed by atoms with E-state index in [1.54, 1.807) is 6.07 Å². The van der Waals surface area contributed by atoms with Crippen LogP contribution in [-0.2, 0) is 17.5 Å². The molecule has 26 heavy (non-hydrogen) atoms. The third-order valence-electron chi connectivity index (χ3n) is 4.62. The molecule has 1 heterocycles. The monoisotopic (exact) mass is 393 g/mol. The molecule has 0 radical (unpaired) electrons. The second kappa shape index (κ2) is 9.58. The van der Waals surface area contributed by atoms with Gasteiger partial charge in [-0.25, -0.2) is 0 Å². The number of benzene rings is 1. The summed E-state index contributed by atoms with van der Waals surface area (Å²) in [5.41, 5.74) is 5.70. The van der Waals surface area contributed by atoms with E-state index < -0.39 is 11.7 Å². The minimum Gasteiger partial charge on any atom is -0.343 e. The van der Waals surface area contributed by atoms with E-state index in [2.05, 4.69) is 4.90 Å². The summed E-state index contributed by atoms with van der Waals surface area (Å²) in [6.07, 6.45) is -2.33. The summed E-state index contributed by atoms with van der Waals surface area (Å²) in [5, 5.41) is 0. The summed E-state index contributed by atoms with van der Waals surface area (Å²) < 4.78 is 38.4. The maximum Gasteiger partial charge on any atom is 0.416 e. The van der Waals surface area contributed by atoms with Crippen LogP contribution in [0.3, 0.4) is 0 Å². The smallest absolute Gasteiger partial charge is 0.343 e. The van der Waals surface area contributed by atoms with Crippen LogP contribution in [-0.4, -0.2) is 47.9 Å². The molecule has 1 aromatic rings. The summed E-state index contributed by atoms with van der Waals surface area (Å²) in [6.45, 7) is 3.61. The van der Waals surface area contributed by atoms with E-state index in [0.717, 1.165) is 18.9 Å². The Labute approximate surface area is 158 Å². The Balaban J connectivity index is 0.00000338. The summed E-state index contributed by atoms with van der Waals surface area (Å²) in [5.74, 6) is 0.0778. The molecule has 2 N–H and O–H groups in total. The molecule has 1 aliphatic rings. The molecule has 0 aromatic heterocycles. The minimum atomic E-state index is -4.32. The fourth-order valence-electron chi connectivity index (χ4n) is 3.22. The van der Waals surface area contributed by atoms with Crippen molar-refractivity contribution in [2.24, 2.45) is 5.73 Å². The molecule has 1 amide bonds. The molecule has 4 nitrogen and oxygen atoms in total. The van der Waals surface area contributed by atoms with Gasteiger partial charge >= 0.3 is 6.18 Å². The summed E-state index contributed by atoms with van der Waals surface area (Å²) in [7, 11) is 1.92. The number of likely N-dealkylation sites (tertiary alicyclic amines) is 1.